The van der Waals surface area contributed by atoms with Gasteiger partial charge in [-0.2, -0.15) is 0 Å². The van der Waals surface area contributed by atoms with Gasteiger partial charge < -0.3 is 15.4 Å². The Bertz CT molecular complexity index is 287. The van der Waals surface area contributed by atoms with Crippen LogP contribution < -0.4 is 5.73 Å². The Hall–Kier alpha value is -0.870. The van der Waals surface area contributed by atoms with E-state index in [2.05, 4.69) is 23.9 Å². The number of hydrogen-bond acceptors (Lipinski definition) is 4. The normalized spacial score (nSPS) is 33.5. The van der Waals surface area contributed by atoms with Gasteiger partial charge in [-0.15, -0.1) is 0 Å². The van der Waals surface area contributed by atoms with Gasteiger partial charge in [-0.25, -0.2) is 0 Å². The highest BCUT2D eigenvalue weighted by Crippen LogP contribution is 2.24. The summed E-state index contributed by atoms with van der Waals surface area (Å²) >= 11 is 0. The first-order valence-electron chi connectivity index (χ1n) is 5.98. The molecule has 1 saturated heterocycles. The fourth-order valence-electron chi connectivity index (χ4n) is 2.00. The summed E-state index contributed by atoms with van der Waals surface area (Å²) in [6.45, 7) is 3.97. The second-order valence-corrected chi connectivity index (χ2v) is 4.83. The van der Waals surface area contributed by atoms with E-state index in [0.29, 0.717) is 6.04 Å². The Labute approximate surface area is 97.2 Å². The second kappa shape index (κ2) is 4.97. The lowest BCUT2D eigenvalue weighted by atomic mass is 10.1. The molecule has 2 rings (SSSR count). The van der Waals surface area contributed by atoms with Crippen LogP contribution in [-0.2, 0) is 4.74 Å². The summed E-state index contributed by atoms with van der Waals surface area (Å²) in [5.74, 6) is 0. The summed E-state index contributed by atoms with van der Waals surface area (Å²) in [5, 5.41) is 0. The van der Waals surface area contributed by atoms with Gasteiger partial charge in [0.2, 0.25) is 0 Å². The van der Waals surface area contributed by atoms with E-state index in [-0.39, 0.29) is 12.2 Å². The Morgan fingerprint density at radius 3 is 2.75 bits per heavy atom. The molecule has 2 unspecified atom stereocenters. The van der Waals surface area contributed by atoms with E-state index >= 15 is 0 Å². The van der Waals surface area contributed by atoms with Crippen LogP contribution in [-0.4, -0.2) is 49.5 Å². The van der Waals surface area contributed by atoms with Crippen LogP contribution in [0.15, 0.2) is 16.8 Å². The zero-order valence-electron chi connectivity index (χ0n) is 10.1. The minimum Gasteiger partial charge on any atom is -0.404 e. The van der Waals surface area contributed by atoms with Crippen LogP contribution in [0.25, 0.3) is 0 Å². The van der Waals surface area contributed by atoms with E-state index in [9.17, 15) is 0 Å². The lowest BCUT2D eigenvalue weighted by molar-refractivity contribution is -0.0494. The third-order valence-corrected chi connectivity index (χ3v) is 2.99. The van der Waals surface area contributed by atoms with Crippen molar-refractivity contribution in [3.63, 3.8) is 0 Å². The molecule has 0 amide bonds. The molecular formula is C12H21N3O. The molecule has 4 heteroatoms. The number of ether oxygens (including phenoxy) is 1. The number of rotatable bonds is 3. The molecule has 90 valence electrons. The van der Waals surface area contributed by atoms with Crippen LogP contribution in [0, 0.1) is 0 Å². The average molecular weight is 223 g/mol. The quantitative estimate of drug-likeness (QED) is 0.719. The molecule has 4 nitrogen and oxygen atoms in total. The Morgan fingerprint density at radius 2 is 2.19 bits per heavy atom. The van der Waals surface area contributed by atoms with E-state index in [1.807, 2.05) is 6.21 Å². The summed E-state index contributed by atoms with van der Waals surface area (Å²) in [6.07, 6.45) is 6.29. The first kappa shape index (κ1) is 11.6. The number of hydrogen-bond donors (Lipinski definition) is 1. The number of likely N-dealkylation sites (N-methyl/N-ethyl adjacent to an activating group) is 1. The summed E-state index contributed by atoms with van der Waals surface area (Å²) in [6, 6.07) is 0.536. The molecule has 2 N–H and O–H groups in total. The summed E-state index contributed by atoms with van der Waals surface area (Å²) in [5.41, 5.74) is 6.65. The molecule has 0 aromatic carbocycles. The fourth-order valence-corrected chi connectivity index (χ4v) is 2.00. The molecule has 0 aromatic rings. The highest BCUT2D eigenvalue weighted by atomic mass is 16.5. The summed E-state index contributed by atoms with van der Waals surface area (Å²) in [4.78, 5) is 6.73. The number of nitrogens with two attached hydrogens (primary N) is 1. The largest absolute Gasteiger partial charge is 0.404 e. The van der Waals surface area contributed by atoms with Crippen molar-refractivity contribution < 1.29 is 4.74 Å². The summed E-state index contributed by atoms with van der Waals surface area (Å²) in [7, 11) is 2.11. The van der Waals surface area contributed by atoms with Gasteiger partial charge in [0, 0.05) is 31.1 Å². The van der Waals surface area contributed by atoms with Gasteiger partial charge in [-0.3, -0.25) is 4.99 Å². The molecule has 16 heavy (non-hydrogen) atoms. The van der Waals surface area contributed by atoms with Crippen molar-refractivity contribution in [3.05, 3.63) is 11.8 Å². The van der Waals surface area contributed by atoms with Gasteiger partial charge in [0.1, 0.15) is 0 Å². The van der Waals surface area contributed by atoms with E-state index in [1.54, 1.807) is 6.20 Å². The van der Waals surface area contributed by atoms with Crippen molar-refractivity contribution in [1.82, 2.24) is 4.90 Å². The van der Waals surface area contributed by atoms with E-state index in [1.165, 1.54) is 12.8 Å². The molecule has 2 atom stereocenters. The van der Waals surface area contributed by atoms with Crippen molar-refractivity contribution in [1.29, 1.82) is 0 Å². The first-order valence-corrected chi connectivity index (χ1v) is 5.98. The van der Waals surface area contributed by atoms with E-state index in [4.69, 9.17) is 10.5 Å². The van der Waals surface area contributed by atoms with Crippen LogP contribution >= 0.6 is 0 Å². The van der Waals surface area contributed by atoms with Crippen LogP contribution in [0.1, 0.15) is 19.8 Å². The number of morpholine rings is 1. The molecule has 2 fully saturated rings. The fraction of sp³-hybridized carbons (Fsp3) is 0.750. The molecule has 2 aliphatic rings. The Balaban J connectivity index is 1.97. The SMILES string of the molecule is CC1CN(C)CC(/C(C=NC2CC2)=C/N)O1. The lowest BCUT2D eigenvalue weighted by Gasteiger charge is -2.34. The zero-order chi connectivity index (χ0) is 11.5. The van der Waals surface area contributed by atoms with Crippen LogP contribution in [0.5, 0.6) is 0 Å². The highest BCUT2D eigenvalue weighted by Gasteiger charge is 2.26. The number of nitrogens with zero attached hydrogens (tertiary/aromatic N) is 2. The molecular weight excluding hydrogens is 202 g/mol. The van der Waals surface area contributed by atoms with Crippen LogP contribution in [0.3, 0.4) is 0 Å². The highest BCUT2D eigenvalue weighted by molar-refractivity contribution is 5.80. The Kier molecular flexibility index (Phi) is 3.61. The zero-order valence-corrected chi connectivity index (χ0v) is 10.1. The van der Waals surface area contributed by atoms with Crippen molar-refractivity contribution in [2.45, 2.75) is 38.0 Å². The molecule has 0 radical (unpaired) electrons. The molecule has 1 saturated carbocycles. The van der Waals surface area contributed by atoms with Gasteiger partial charge in [-0.1, -0.05) is 0 Å². The maximum atomic E-state index is 5.88. The van der Waals surface area contributed by atoms with Crippen molar-refractivity contribution in [2.24, 2.45) is 10.7 Å². The number of aliphatic imine (C=N–C) groups is 1. The van der Waals surface area contributed by atoms with Crippen molar-refractivity contribution >= 4 is 6.21 Å². The molecule has 0 spiro atoms. The van der Waals surface area contributed by atoms with Crippen LogP contribution in [0.4, 0.5) is 0 Å². The van der Waals surface area contributed by atoms with Crippen LogP contribution in [0.2, 0.25) is 0 Å². The van der Waals surface area contributed by atoms with Gasteiger partial charge in [0.15, 0.2) is 0 Å². The molecule has 1 aliphatic carbocycles. The predicted octanol–water partition coefficient (Wildman–Crippen LogP) is 0.781. The standard InChI is InChI=1S/C12H21N3O/c1-9-7-15(2)8-12(16-9)10(5-13)6-14-11-3-4-11/h5-6,9,11-12H,3-4,7-8,13H2,1-2H3/b10-5+,14-6?. The van der Waals surface area contributed by atoms with E-state index < -0.39 is 0 Å². The van der Waals surface area contributed by atoms with Crippen molar-refractivity contribution in [3.8, 4) is 0 Å². The van der Waals surface area contributed by atoms with Gasteiger partial charge in [-0.05, 0) is 26.8 Å². The van der Waals surface area contributed by atoms with Gasteiger partial charge in [0.25, 0.3) is 0 Å². The van der Waals surface area contributed by atoms with Crippen molar-refractivity contribution in [2.75, 3.05) is 20.1 Å². The second-order valence-electron chi connectivity index (χ2n) is 4.83. The average Bonchev–Trinajstić information content (AvgIpc) is 3.01. The third-order valence-electron chi connectivity index (χ3n) is 2.99. The molecule has 0 bridgehead atoms. The maximum Gasteiger partial charge on any atom is 0.0984 e. The minimum atomic E-state index is 0.0706. The first-order chi connectivity index (χ1) is 7.69. The Morgan fingerprint density at radius 1 is 1.44 bits per heavy atom. The van der Waals surface area contributed by atoms with Gasteiger partial charge in [0.05, 0.1) is 18.2 Å². The van der Waals surface area contributed by atoms with E-state index in [0.717, 1.165) is 18.7 Å². The third kappa shape index (κ3) is 3.06. The predicted molar refractivity (Wildman–Crippen MR) is 65.6 cm³/mol. The van der Waals surface area contributed by atoms with Gasteiger partial charge >= 0.3 is 0 Å². The molecule has 1 aliphatic heterocycles. The molecule has 0 aromatic heterocycles. The lowest BCUT2D eigenvalue weighted by Crippen LogP contribution is -2.45. The smallest absolute Gasteiger partial charge is 0.0984 e. The molecule has 1 heterocycles. The monoisotopic (exact) mass is 223 g/mol. The minimum absolute atomic E-state index is 0.0706. The maximum absolute atomic E-state index is 5.88. The summed E-state index contributed by atoms with van der Waals surface area (Å²) < 4.78 is 5.88. The topological polar surface area (TPSA) is 50.8 Å².